The smallest absolute Gasteiger partial charge is 0.309 e. The van der Waals surface area contributed by atoms with Crippen molar-refractivity contribution in [2.45, 2.75) is 65.0 Å². The number of nitrogens with zero attached hydrogens (tertiary/aromatic N) is 2. The molecule has 2 atom stereocenters. The number of ether oxygens (including phenoxy) is 1. The highest BCUT2D eigenvalue weighted by Crippen LogP contribution is 2.24. The molecule has 5 heteroatoms. The van der Waals surface area contributed by atoms with Gasteiger partial charge >= 0.3 is 5.97 Å². The van der Waals surface area contributed by atoms with E-state index in [1.165, 1.54) is 6.42 Å². The third-order valence-corrected chi connectivity index (χ3v) is 5.05. The van der Waals surface area contributed by atoms with Gasteiger partial charge in [-0.3, -0.25) is 14.5 Å². The Hall–Kier alpha value is -1.10. The third-order valence-electron chi connectivity index (χ3n) is 5.05. The minimum Gasteiger partial charge on any atom is -0.466 e. The van der Waals surface area contributed by atoms with Gasteiger partial charge in [-0.1, -0.05) is 0 Å². The lowest BCUT2D eigenvalue weighted by Gasteiger charge is -2.40. The van der Waals surface area contributed by atoms with Crippen LogP contribution in [-0.4, -0.2) is 60.0 Å². The summed E-state index contributed by atoms with van der Waals surface area (Å²) < 4.78 is 5.09. The molecule has 2 aliphatic heterocycles. The van der Waals surface area contributed by atoms with Gasteiger partial charge in [-0.2, -0.15) is 0 Å². The van der Waals surface area contributed by atoms with Crippen LogP contribution < -0.4 is 0 Å². The monoisotopic (exact) mass is 310 g/mol. The van der Waals surface area contributed by atoms with Crippen molar-refractivity contribution < 1.29 is 14.3 Å². The summed E-state index contributed by atoms with van der Waals surface area (Å²) in [5.41, 5.74) is 0. The Morgan fingerprint density at radius 2 is 1.64 bits per heavy atom. The summed E-state index contributed by atoms with van der Waals surface area (Å²) in [4.78, 5) is 28.6. The standard InChI is InChI=1S/C17H30N2O3/c1-4-22-17(21)15-8-10-18(11-9-15)12-16(20)19-13(2)6-5-7-14(19)3/h13-15H,4-12H2,1-3H3/t13-,14+. The molecule has 0 spiro atoms. The van der Waals surface area contributed by atoms with Crippen molar-refractivity contribution in [3.63, 3.8) is 0 Å². The Balaban J connectivity index is 1.80. The zero-order valence-corrected chi connectivity index (χ0v) is 14.2. The first kappa shape index (κ1) is 17.3. The molecule has 0 radical (unpaired) electrons. The van der Waals surface area contributed by atoms with Crippen LogP contribution in [0.3, 0.4) is 0 Å². The molecular formula is C17H30N2O3. The number of carbonyl (C=O) groups is 2. The van der Waals surface area contributed by atoms with Gasteiger partial charge in [0.1, 0.15) is 0 Å². The molecule has 0 unspecified atom stereocenters. The summed E-state index contributed by atoms with van der Waals surface area (Å²) in [7, 11) is 0. The van der Waals surface area contributed by atoms with E-state index < -0.39 is 0 Å². The molecule has 0 aromatic rings. The number of hydrogen-bond donors (Lipinski definition) is 0. The quantitative estimate of drug-likeness (QED) is 0.746. The SMILES string of the molecule is CCOC(=O)C1CCN(CC(=O)N2[C@H](C)CCC[C@@H]2C)CC1. The molecule has 1 amide bonds. The second-order valence-corrected chi connectivity index (χ2v) is 6.73. The predicted molar refractivity (Wildman–Crippen MR) is 85.4 cm³/mol. The van der Waals surface area contributed by atoms with E-state index in [1.54, 1.807) is 0 Å². The molecule has 2 fully saturated rings. The first-order valence-corrected chi connectivity index (χ1v) is 8.73. The van der Waals surface area contributed by atoms with Crippen molar-refractivity contribution >= 4 is 11.9 Å². The van der Waals surface area contributed by atoms with Crippen LogP contribution in [0.15, 0.2) is 0 Å². The normalized spacial score (nSPS) is 27.7. The molecule has 2 saturated heterocycles. The van der Waals surface area contributed by atoms with Crippen molar-refractivity contribution in [1.29, 1.82) is 0 Å². The van der Waals surface area contributed by atoms with Crippen molar-refractivity contribution in [3.8, 4) is 0 Å². The average Bonchev–Trinajstić information content (AvgIpc) is 2.48. The minimum atomic E-state index is -0.0771. The molecule has 0 aromatic carbocycles. The largest absolute Gasteiger partial charge is 0.466 e. The lowest BCUT2D eigenvalue weighted by Crippen LogP contribution is -2.52. The van der Waals surface area contributed by atoms with Crippen LogP contribution in [0.1, 0.15) is 52.9 Å². The highest BCUT2D eigenvalue weighted by Gasteiger charge is 2.31. The summed E-state index contributed by atoms with van der Waals surface area (Å²) in [6.45, 7) is 8.71. The van der Waals surface area contributed by atoms with Gasteiger partial charge in [-0.25, -0.2) is 0 Å². The van der Waals surface area contributed by atoms with Crippen molar-refractivity contribution in [3.05, 3.63) is 0 Å². The maximum atomic E-state index is 12.6. The molecule has 22 heavy (non-hydrogen) atoms. The summed E-state index contributed by atoms with van der Waals surface area (Å²) >= 11 is 0. The van der Waals surface area contributed by atoms with Gasteiger partial charge in [0, 0.05) is 12.1 Å². The van der Waals surface area contributed by atoms with Crippen molar-refractivity contribution in [2.75, 3.05) is 26.2 Å². The Labute approximate surface area is 134 Å². The number of esters is 1. The van der Waals surface area contributed by atoms with Gasteiger partial charge in [-0.05, 0) is 66.0 Å². The summed E-state index contributed by atoms with van der Waals surface area (Å²) in [5.74, 6) is 0.181. The van der Waals surface area contributed by atoms with Gasteiger partial charge in [0.25, 0.3) is 0 Å². The van der Waals surface area contributed by atoms with E-state index in [2.05, 4.69) is 23.6 Å². The third kappa shape index (κ3) is 4.22. The van der Waals surface area contributed by atoms with Gasteiger partial charge in [0.15, 0.2) is 0 Å². The van der Waals surface area contributed by atoms with Crippen LogP contribution in [0.5, 0.6) is 0 Å². The van der Waals surface area contributed by atoms with Crippen molar-refractivity contribution in [1.82, 2.24) is 9.80 Å². The van der Waals surface area contributed by atoms with Gasteiger partial charge in [0.05, 0.1) is 19.1 Å². The fourth-order valence-corrected chi connectivity index (χ4v) is 3.77. The number of hydrogen-bond acceptors (Lipinski definition) is 4. The molecule has 0 saturated carbocycles. The number of carbonyl (C=O) groups excluding carboxylic acids is 2. The van der Waals surface area contributed by atoms with Crippen LogP contribution in [0.2, 0.25) is 0 Å². The van der Waals surface area contributed by atoms with Crippen LogP contribution in [-0.2, 0) is 14.3 Å². The van der Waals surface area contributed by atoms with Crippen LogP contribution in [0.4, 0.5) is 0 Å². The second kappa shape index (κ2) is 7.95. The van der Waals surface area contributed by atoms with Crippen LogP contribution in [0, 0.1) is 5.92 Å². The topological polar surface area (TPSA) is 49.9 Å². The molecule has 2 aliphatic rings. The van der Waals surface area contributed by atoms with Crippen molar-refractivity contribution in [2.24, 2.45) is 5.92 Å². The molecule has 0 bridgehead atoms. The first-order chi connectivity index (χ1) is 10.5. The lowest BCUT2D eigenvalue weighted by molar-refractivity contribution is -0.149. The predicted octanol–water partition coefficient (Wildman–Crippen LogP) is 2.05. The zero-order valence-electron chi connectivity index (χ0n) is 14.2. The molecule has 5 nitrogen and oxygen atoms in total. The maximum Gasteiger partial charge on any atom is 0.309 e. The van der Waals surface area contributed by atoms with Gasteiger partial charge < -0.3 is 9.64 Å². The number of rotatable bonds is 4. The van der Waals surface area contributed by atoms with E-state index >= 15 is 0 Å². The molecule has 2 rings (SSSR count). The summed E-state index contributed by atoms with van der Waals surface area (Å²) in [6.07, 6.45) is 5.05. The zero-order chi connectivity index (χ0) is 16.1. The van der Waals surface area contributed by atoms with Gasteiger partial charge in [0.2, 0.25) is 5.91 Å². The van der Waals surface area contributed by atoms with Crippen LogP contribution >= 0.6 is 0 Å². The van der Waals surface area contributed by atoms with E-state index in [-0.39, 0.29) is 17.8 Å². The Morgan fingerprint density at radius 1 is 1.05 bits per heavy atom. The fourth-order valence-electron chi connectivity index (χ4n) is 3.77. The highest BCUT2D eigenvalue weighted by molar-refractivity contribution is 5.79. The summed E-state index contributed by atoms with van der Waals surface area (Å²) in [6, 6.07) is 0.710. The molecule has 0 N–H and O–H groups in total. The summed E-state index contributed by atoms with van der Waals surface area (Å²) in [5, 5.41) is 0. The maximum absolute atomic E-state index is 12.6. The molecule has 2 heterocycles. The Kier molecular flexibility index (Phi) is 6.24. The molecule has 126 valence electrons. The fraction of sp³-hybridized carbons (Fsp3) is 0.882. The minimum absolute atomic E-state index is 0.0131. The van der Waals surface area contributed by atoms with E-state index in [4.69, 9.17) is 4.74 Å². The van der Waals surface area contributed by atoms with E-state index in [1.807, 2.05) is 6.92 Å². The molecule has 0 aromatic heterocycles. The average molecular weight is 310 g/mol. The lowest BCUT2D eigenvalue weighted by atomic mass is 9.96. The van der Waals surface area contributed by atoms with Crippen LogP contribution in [0.25, 0.3) is 0 Å². The number of piperidine rings is 2. The highest BCUT2D eigenvalue weighted by atomic mass is 16.5. The Bertz CT molecular complexity index is 381. The van der Waals surface area contributed by atoms with E-state index in [9.17, 15) is 9.59 Å². The van der Waals surface area contributed by atoms with Gasteiger partial charge in [-0.15, -0.1) is 0 Å². The van der Waals surface area contributed by atoms with E-state index in [0.29, 0.717) is 25.2 Å². The first-order valence-electron chi connectivity index (χ1n) is 8.73. The molecule has 0 aliphatic carbocycles. The number of amides is 1. The second-order valence-electron chi connectivity index (χ2n) is 6.73. The molecular weight excluding hydrogens is 280 g/mol. The number of likely N-dealkylation sites (tertiary alicyclic amines) is 2. The Morgan fingerprint density at radius 3 is 2.18 bits per heavy atom. The van der Waals surface area contributed by atoms with E-state index in [0.717, 1.165) is 38.8 Å².